The van der Waals surface area contributed by atoms with Gasteiger partial charge in [0.15, 0.2) is 5.82 Å². The molecule has 1 aromatic heterocycles. The summed E-state index contributed by atoms with van der Waals surface area (Å²) in [7, 11) is 0. The maximum absolute atomic E-state index is 7.55. The number of nitrogens with two attached hydrogens (primary N) is 1. The number of hydrogen-bond acceptors (Lipinski definition) is 5. The fourth-order valence-corrected chi connectivity index (χ4v) is 2.15. The third-order valence-corrected chi connectivity index (χ3v) is 3.06. The summed E-state index contributed by atoms with van der Waals surface area (Å²) in [6.45, 7) is 4.45. The van der Waals surface area contributed by atoms with E-state index in [1.807, 2.05) is 6.92 Å². The molecule has 1 fully saturated rings. The maximum Gasteiger partial charge on any atom is 0.158 e. The van der Waals surface area contributed by atoms with Crippen LogP contribution in [0.1, 0.15) is 25.5 Å². The fraction of sp³-hybridized carbons (Fsp3) is 0.583. The smallest absolute Gasteiger partial charge is 0.158 e. The second-order valence-corrected chi connectivity index (χ2v) is 4.32. The number of anilines is 1. The molecule has 1 aliphatic rings. The highest BCUT2D eigenvalue weighted by molar-refractivity contribution is 5.97. The second-order valence-electron chi connectivity index (χ2n) is 4.32. The summed E-state index contributed by atoms with van der Waals surface area (Å²) < 4.78 is 5.63. The molecule has 0 amide bonds. The minimum absolute atomic E-state index is 0.0520. The van der Waals surface area contributed by atoms with Crippen LogP contribution in [0.25, 0.3) is 0 Å². The first kappa shape index (κ1) is 12.8. The highest BCUT2D eigenvalue weighted by atomic mass is 16.5. The van der Waals surface area contributed by atoms with Crippen LogP contribution < -0.4 is 10.6 Å². The maximum atomic E-state index is 7.55. The topological polar surface area (TPSA) is 88.1 Å². The van der Waals surface area contributed by atoms with Crippen LogP contribution >= 0.6 is 0 Å². The van der Waals surface area contributed by atoms with Crippen LogP contribution in [-0.4, -0.2) is 41.6 Å². The summed E-state index contributed by atoms with van der Waals surface area (Å²) >= 11 is 0. The van der Waals surface area contributed by atoms with Crippen molar-refractivity contribution in [2.75, 3.05) is 24.6 Å². The van der Waals surface area contributed by atoms with Crippen molar-refractivity contribution in [2.45, 2.75) is 25.9 Å². The van der Waals surface area contributed by atoms with E-state index >= 15 is 0 Å². The molecule has 2 heterocycles. The Labute approximate surface area is 107 Å². The monoisotopic (exact) mass is 249 g/mol. The third kappa shape index (κ3) is 2.76. The zero-order valence-corrected chi connectivity index (χ0v) is 10.6. The van der Waals surface area contributed by atoms with E-state index in [-0.39, 0.29) is 11.9 Å². The molecule has 6 heteroatoms. The van der Waals surface area contributed by atoms with Crippen LogP contribution in [0.15, 0.2) is 12.4 Å². The van der Waals surface area contributed by atoms with E-state index in [4.69, 9.17) is 15.9 Å². The number of amidine groups is 1. The Balaban J connectivity index is 2.18. The predicted octanol–water partition coefficient (Wildman–Crippen LogP) is 0.766. The largest absolute Gasteiger partial charge is 0.382 e. The molecule has 0 aliphatic carbocycles. The Bertz CT molecular complexity index is 417. The SMILES string of the molecule is CCN(CC1CCCO1)c1nccnc1C(=N)N. The molecule has 0 aromatic carbocycles. The summed E-state index contributed by atoms with van der Waals surface area (Å²) in [5.74, 6) is 0.617. The Hall–Kier alpha value is -1.69. The van der Waals surface area contributed by atoms with Crippen LogP contribution in [0.4, 0.5) is 5.82 Å². The molecule has 2 rings (SSSR count). The van der Waals surface area contributed by atoms with E-state index in [0.29, 0.717) is 11.5 Å². The lowest BCUT2D eigenvalue weighted by atomic mass is 10.2. The van der Waals surface area contributed by atoms with Crippen LogP contribution in [0, 0.1) is 5.41 Å². The zero-order chi connectivity index (χ0) is 13.0. The van der Waals surface area contributed by atoms with Crippen molar-refractivity contribution in [3.8, 4) is 0 Å². The minimum atomic E-state index is -0.0520. The average Bonchev–Trinajstić information content (AvgIpc) is 2.88. The van der Waals surface area contributed by atoms with Gasteiger partial charge in [-0.05, 0) is 19.8 Å². The first-order valence-electron chi connectivity index (χ1n) is 6.24. The van der Waals surface area contributed by atoms with Gasteiger partial charge in [0.05, 0.1) is 6.10 Å². The van der Waals surface area contributed by atoms with E-state index in [1.165, 1.54) is 0 Å². The van der Waals surface area contributed by atoms with Crippen LogP contribution in [0.2, 0.25) is 0 Å². The first-order valence-corrected chi connectivity index (χ1v) is 6.24. The molecule has 1 saturated heterocycles. The van der Waals surface area contributed by atoms with Gasteiger partial charge in [0.25, 0.3) is 0 Å². The number of ether oxygens (including phenoxy) is 1. The zero-order valence-electron chi connectivity index (χ0n) is 10.6. The van der Waals surface area contributed by atoms with Crippen molar-refractivity contribution >= 4 is 11.7 Å². The lowest BCUT2D eigenvalue weighted by Crippen LogP contribution is -2.34. The number of aromatic nitrogens is 2. The molecule has 1 unspecified atom stereocenters. The molecule has 3 N–H and O–H groups in total. The highest BCUT2D eigenvalue weighted by Crippen LogP contribution is 2.19. The van der Waals surface area contributed by atoms with Crippen LogP contribution in [0.5, 0.6) is 0 Å². The van der Waals surface area contributed by atoms with Gasteiger partial charge in [-0.2, -0.15) is 0 Å². The Morgan fingerprint density at radius 1 is 1.56 bits per heavy atom. The molecular weight excluding hydrogens is 230 g/mol. The van der Waals surface area contributed by atoms with Crippen molar-refractivity contribution in [1.82, 2.24) is 9.97 Å². The molecule has 6 nitrogen and oxygen atoms in total. The van der Waals surface area contributed by atoms with Gasteiger partial charge in [-0.15, -0.1) is 0 Å². The number of nitrogens with one attached hydrogen (secondary N) is 1. The minimum Gasteiger partial charge on any atom is -0.382 e. The normalized spacial score (nSPS) is 18.8. The van der Waals surface area contributed by atoms with Gasteiger partial charge < -0.3 is 15.4 Å². The highest BCUT2D eigenvalue weighted by Gasteiger charge is 2.21. The number of nitrogens with zero attached hydrogens (tertiary/aromatic N) is 3. The van der Waals surface area contributed by atoms with Gasteiger partial charge in [-0.1, -0.05) is 0 Å². The Morgan fingerprint density at radius 3 is 2.94 bits per heavy atom. The van der Waals surface area contributed by atoms with Crippen molar-refractivity contribution < 1.29 is 4.74 Å². The third-order valence-electron chi connectivity index (χ3n) is 3.06. The molecule has 0 radical (unpaired) electrons. The molecule has 1 aromatic rings. The molecule has 98 valence electrons. The predicted molar refractivity (Wildman–Crippen MR) is 69.9 cm³/mol. The second kappa shape index (κ2) is 5.77. The van der Waals surface area contributed by atoms with Crippen molar-refractivity contribution in [2.24, 2.45) is 5.73 Å². The number of hydrogen-bond donors (Lipinski definition) is 2. The molecule has 18 heavy (non-hydrogen) atoms. The summed E-state index contributed by atoms with van der Waals surface area (Å²) in [4.78, 5) is 10.5. The van der Waals surface area contributed by atoms with Crippen molar-refractivity contribution in [3.63, 3.8) is 0 Å². The van der Waals surface area contributed by atoms with Gasteiger partial charge in [0.1, 0.15) is 11.5 Å². The number of nitrogen functional groups attached to an aromatic ring is 1. The van der Waals surface area contributed by atoms with Crippen LogP contribution in [0.3, 0.4) is 0 Å². The standard InChI is InChI=1S/C12H19N5O/c1-2-17(8-9-4-3-7-18-9)12-10(11(13)14)15-5-6-16-12/h5-6,9H,2-4,7-8H2,1H3,(H3,13,14). The van der Waals surface area contributed by atoms with Crippen LogP contribution in [-0.2, 0) is 4.74 Å². The summed E-state index contributed by atoms with van der Waals surface area (Å²) in [6, 6.07) is 0. The summed E-state index contributed by atoms with van der Waals surface area (Å²) in [5.41, 5.74) is 5.98. The molecular formula is C12H19N5O. The molecule has 0 spiro atoms. The molecule has 0 saturated carbocycles. The lowest BCUT2D eigenvalue weighted by Gasteiger charge is -2.26. The summed E-state index contributed by atoms with van der Waals surface area (Å²) in [6.07, 6.45) is 5.61. The van der Waals surface area contributed by atoms with E-state index in [9.17, 15) is 0 Å². The van der Waals surface area contributed by atoms with E-state index in [2.05, 4.69) is 14.9 Å². The number of rotatable bonds is 5. The van der Waals surface area contributed by atoms with Crippen molar-refractivity contribution in [3.05, 3.63) is 18.1 Å². The van der Waals surface area contributed by atoms with Gasteiger partial charge in [-0.25, -0.2) is 9.97 Å². The first-order chi connectivity index (χ1) is 8.72. The van der Waals surface area contributed by atoms with E-state index in [0.717, 1.165) is 32.5 Å². The Kier molecular flexibility index (Phi) is 4.09. The van der Waals surface area contributed by atoms with Crippen molar-refractivity contribution in [1.29, 1.82) is 5.41 Å². The molecule has 1 atom stereocenters. The van der Waals surface area contributed by atoms with E-state index in [1.54, 1.807) is 12.4 Å². The summed E-state index contributed by atoms with van der Waals surface area (Å²) in [5, 5.41) is 7.55. The Morgan fingerprint density at radius 2 is 2.33 bits per heavy atom. The van der Waals surface area contributed by atoms with Gasteiger partial charge in [0, 0.05) is 32.1 Å². The lowest BCUT2D eigenvalue weighted by molar-refractivity contribution is 0.115. The fourth-order valence-electron chi connectivity index (χ4n) is 2.15. The quantitative estimate of drug-likeness (QED) is 0.594. The van der Waals surface area contributed by atoms with Gasteiger partial charge in [0.2, 0.25) is 0 Å². The van der Waals surface area contributed by atoms with Gasteiger partial charge >= 0.3 is 0 Å². The van der Waals surface area contributed by atoms with E-state index < -0.39 is 0 Å². The molecule has 0 bridgehead atoms. The average molecular weight is 249 g/mol. The van der Waals surface area contributed by atoms with Gasteiger partial charge in [-0.3, -0.25) is 5.41 Å². The number of likely N-dealkylation sites (N-methyl/N-ethyl adjacent to an activating group) is 1. The molecule has 1 aliphatic heterocycles.